The van der Waals surface area contributed by atoms with Gasteiger partial charge in [-0.2, -0.15) is 0 Å². The van der Waals surface area contributed by atoms with E-state index >= 15 is 0 Å². The summed E-state index contributed by atoms with van der Waals surface area (Å²) in [4.78, 5) is 2.51. The number of likely N-dealkylation sites (tertiary alicyclic amines) is 1. The van der Waals surface area contributed by atoms with Crippen LogP contribution < -0.4 is 0 Å². The predicted octanol–water partition coefficient (Wildman–Crippen LogP) is 2.02. The Morgan fingerprint density at radius 1 is 1.22 bits per heavy atom. The van der Waals surface area contributed by atoms with E-state index in [9.17, 15) is 5.11 Å². The minimum absolute atomic E-state index is 0.0785. The van der Waals surface area contributed by atoms with Crippen molar-refractivity contribution in [1.29, 1.82) is 0 Å². The Morgan fingerprint density at radius 2 is 2.00 bits per heavy atom. The monoisotopic (exact) mass is 255 g/mol. The van der Waals surface area contributed by atoms with Crippen LogP contribution in [0.4, 0.5) is 0 Å². The van der Waals surface area contributed by atoms with Gasteiger partial charge >= 0.3 is 0 Å². The van der Waals surface area contributed by atoms with E-state index in [-0.39, 0.29) is 11.5 Å². The summed E-state index contributed by atoms with van der Waals surface area (Å²) < 4.78 is 0. The lowest BCUT2D eigenvalue weighted by Gasteiger charge is -2.43. The van der Waals surface area contributed by atoms with E-state index in [0.717, 1.165) is 32.4 Å². The molecule has 106 valence electrons. The number of hydrogen-bond donors (Lipinski definition) is 2. The van der Waals surface area contributed by atoms with Gasteiger partial charge in [0.25, 0.3) is 0 Å². The molecule has 3 nitrogen and oxygen atoms in total. The van der Waals surface area contributed by atoms with Crippen LogP contribution in [0.25, 0.3) is 0 Å². The third-order valence-electron chi connectivity index (χ3n) is 5.07. The van der Waals surface area contributed by atoms with Gasteiger partial charge in [0.1, 0.15) is 0 Å². The number of aliphatic hydroxyl groups excluding tert-OH is 2. The van der Waals surface area contributed by atoms with Crippen molar-refractivity contribution in [1.82, 2.24) is 4.90 Å². The first-order valence-electron chi connectivity index (χ1n) is 7.57. The molecule has 3 atom stereocenters. The van der Waals surface area contributed by atoms with Crippen molar-refractivity contribution < 1.29 is 10.2 Å². The van der Waals surface area contributed by atoms with Crippen LogP contribution >= 0.6 is 0 Å². The lowest BCUT2D eigenvalue weighted by molar-refractivity contribution is -0.0446. The summed E-state index contributed by atoms with van der Waals surface area (Å²) in [6, 6.07) is 0.548. The van der Waals surface area contributed by atoms with E-state index in [2.05, 4.69) is 18.7 Å². The average molecular weight is 255 g/mol. The second-order valence-electron chi connectivity index (χ2n) is 6.89. The van der Waals surface area contributed by atoms with Crippen LogP contribution in [0.3, 0.4) is 0 Å². The van der Waals surface area contributed by atoms with E-state index in [1.165, 1.54) is 19.3 Å². The molecule has 3 unspecified atom stereocenters. The molecule has 2 aliphatic rings. The van der Waals surface area contributed by atoms with Crippen LogP contribution in [0.1, 0.15) is 52.4 Å². The van der Waals surface area contributed by atoms with Gasteiger partial charge in [0.2, 0.25) is 0 Å². The molecule has 1 aliphatic heterocycles. The second-order valence-corrected chi connectivity index (χ2v) is 6.89. The first-order valence-corrected chi connectivity index (χ1v) is 7.57. The van der Waals surface area contributed by atoms with Crippen LogP contribution in [0.2, 0.25) is 0 Å². The van der Waals surface area contributed by atoms with Gasteiger partial charge < -0.3 is 10.2 Å². The van der Waals surface area contributed by atoms with Gasteiger partial charge in [-0.3, -0.25) is 4.90 Å². The van der Waals surface area contributed by atoms with Crippen LogP contribution in [0.15, 0.2) is 0 Å². The predicted molar refractivity (Wildman–Crippen MR) is 73.4 cm³/mol. The average Bonchev–Trinajstić information content (AvgIpc) is 2.73. The number of rotatable bonds is 4. The Morgan fingerprint density at radius 3 is 2.72 bits per heavy atom. The molecule has 0 radical (unpaired) electrons. The maximum atomic E-state index is 10.5. The molecule has 1 saturated heterocycles. The quantitative estimate of drug-likeness (QED) is 0.808. The van der Waals surface area contributed by atoms with Crippen LogP contribution in [-0.4, -0.2) is 47.0 Å². The molecule has 2 N–H and O–H groups in total. The maximum absolute atomic E-state index is 10.5. The highest BCUT2D eigenvalue weighted by atomic mass is 16.3. The fourth-order valence-corrected chi connectivity index (χ4v) is 3.87. The first kappa shape index (κ1) is 14.3. The van der Waals surface area contributed by atoms with Crippen molar-refractivity contribution in [2.75, 3.05) is 19.7 Å². The largest absolute Gasteiger partial charge is 0.396 e. The zero-order chi connectivity index (χ0) is 13.2. The van der Waals surface area contributed by atoms with E-state index in [0.29, 0.717) is 18.6 Å². The fourth-order valence-electron chi connectivity index (χ4n) is 3.87. The molecule has 0 amide bonds. The topological polar surface area (TPSA) is 43.7 Å². The first-order chi connectivity index (χ1) is 8.54. The Bertz CT molecular complexity index is 267. The van der Waals surface area contributed by atoms with E-state index in [4.69, 9.17) is 5.11 Å². The Kier molecular flexibility index (Phi) is 4.68. The van der Waals surface area contributed by atoms with E-state index in [1.807, 2.05) is 0 Å². The molecule has 1 heterocycles. The lowest BCUT2D eigenvalue weighted by Crippen LogP contribution is -2.46. The van der Waals surface area contributed by atoms with E-state index < -0.39 is 0 Å². The smallest absolute Gasteiger partial charge is 0.0631 e. The maximum Gasteiger partial charge on any atom is 0.0631 e. The molecule has 0 aromatic carbocycles. The summed E-state index contributed by atoms with van der Waals surface area (Å²) >= 11 is 0. The lowest BCUT2D eigenvalue weighted by atomic mass is 9.69. The van der Waals surface area contributed by atoms with Gasteiger partial charge in [0, 0.05) is 19.2 Å². The summed E-state index contributed by atoms with van der Waals surface area (Å²) in [5, 5.41) is 19.6. The summed E-state index contributed by atoms with van der Waals surface area (Å²) in [6.07, 6.45) is 6.74. The second kappa shape index (κ2) is 5.89. The van der Waals surface area contributed by atoms with Crippen molar-refractivity contribution in [2.24, 2.45) is 11.3 Å². The van der Waals surface area contributed by atoms with Gasteiger partial charge in [-0.25, -0.2) is 0 Å². The Hall–Kier alpha value is -0.120. The van der Waals surface area contributed by atoms with Gasteiger partial charge in [0.15, 0.2) is 0 Å². The summed E-state index contributed by atoms with van der Waals surface area (Å²) in [6.45, 7) is 6.85. The van der Waals surface area contributed by atoms with Gasteiger partial charge in [-0.05, 0) is 50.0 Å². The molecule has 0 aromatic rings. The molecular weight excluding hydrogens is 226 g/mol. The van der Waals surface area contributed by atoms with Gasteiger partial charge in [0.05, 0.1) is 6.10 Å². The van der Waals surface area contributed by atoms with E-state index in [1.54, 1.807) is 0 Å². The molecule has 2 fully saturated rings. The highest BCUT2D eigenvalue weighted by Crippen LogP contribution is 2.39. The zero-order valence-electron chi connectivity index (χ0n) is 11.9. The molecule has 2 rings (SSSR count). The van der Waals surface area contributed by atoms with Crippen molar-refractivity contribution in [3.63, 3.8) is 0 Å². The van der Waals surface area contributed by atoms with Crippen molar-refractivity contribution in [2.45, 2.75) is 64.5 Å². The standard InChI is InChI=1S/C15H29NO2/c1-15(2)8-3-5-12(14(15)18)11-16-9-4-6-13(16)7-10-17/h12-14,17-18H,3-11H2,1-2H3. The third kappa shape index (κ3) is 3.06. The van der Waals surface area contributed by atoms with Crippen LogP contribution in [-0.2, 0) is 0 Å². The summed E-state index contributed by atoms with van der Waals surface area (Å²) in [7, 11) is 0. The zero-order valence-corrected chi connectivity index (χ0v) is 11.9. The molecule has 0 spiro atoms. The highest BCUT2D eigenvalue weighted by molar-refractivity contribution is 4.91. The number of hydrogen-bond acceptors (Lipinski definition) is 3. The highest BCUT2D eigenvalue weighted by Gasteiger charge is 2.39. The number of aliphatic hydroxyl groups is 2. The van der Waals surface area contributed by atoms with Crippen LogP contribution in [0.5, 0.6) is 0 Å². The minimum atomic E-state index is -0.165. The van der Waals surface area contributed by atoms with Crippen molar-refractivity contribution >= 4 is 0 Å². The molecule has 0 aromatic heterocycles. The summed E-state index contributed by atoms with van der Waals surface area (Å²) in [5.74, 6) is 0.424. The van der Waals surface area contributed by atoms with Gasteiger partial charge in [-0.15, -0.1) is 0 Å². The number of nitrogens with zero attached hydrogens (tertiary/aromatic N) is 1. The van der Waals surface area contributed by atoms with Crippen molar-refractivity contribution in [3.05, 3.63) is 0 Å². The summed E-state index contributed by atoms with van der Waals surface area (Å²) in [5.41, 5.74) is 0.0785. The van der Waals surface area contributed by atoms with Crippen molar-refractivity contribution in [3.8, 4) is 0 Å². The molecular formula is C15H29NO2. The minimum Gasteiger partial charge on any atom is -0.396 e. The fraction of sp³-hybridized carbons (Fsp3) is 1.00. The molecule has 1 aliphatic carbocycles. The van der Waals surface area contributed by atoms with Crippen LogP contribution in [0, 0.1) is 11.3 Å². The molecule has 1 saturated carbocycles. The Labute approximate surface area is 111 Å². The normalized spacial score (nSPS) is 37.0. The SMILES string of the molecule is CC1(C)CCCC(CN2CCCC2CCO)C1O. The Balaban J connectivity index is 1.92. The molecule has 18 heavy (non-hydrogen) atoms. The molecule has 3 heteroatoms. The van der Waals surface area contributed by atoms with Gasteiger partial charge in [-0.1, -0.05) is 20.3 Å². The third-order valence-corrected chi connectivity index (χ3v) is 5.07. The molecule has 0 bridgehead atoms.